The zero-order valence-corrected chi connectivity index (χ0v) is 16.0. The highest BCUT2D eigenvalue weighted by Crippen LogP contribution is 2.32. The number of furan rings is 1. The van der Waals surface area contributed by atoms with Gasteiger partial charge in [-0.15, -0.1) is 10.2 Å². The van der Waals surface area contributed by atoms with Gasteiger partial charge in [-0.3, -0.25) is 4.79 Å². The Morgan fingerprint density at radius 1 is 1.15 bits per heavy atom. The molecule has 1 fully saturated rings. The van der Waals surface area contributed by atoms with E-state index >= 15 is 0 Å². The topological polar surface area (TPSA) is 60.9 Å². The zero-order chi connectivity index (χ0) is 18.5. The summed E-state index contributed by atoms with van der Waals surface area (Å²) in [5.41, 5.74) is 2.14. The van der Waals surface area contributed by atoms with Crippen LogP contribution < -0.4 is 0 Å². The van der Waals surface area contributed by atoms with Crippen LogP contribution >= 0.6 is 11.8 Å². The van der Waals surface area contributed by atoms with Crippen LogP contribution in [0.4, 0.5) is 0 Å². The van der Waals surface area contributed by atoms with E-state index in [4.69, 9.17) is 4.42 Å². The monoisotopic (exact) mass is 381 g/mol. The van der Waals surface area contributed by atoms with Gasteiger partial charge in [0.15, 0.2) is 10.9 Å². The Hall–Kier alpha value is -2.34. The summed E-state index contributed by atoms with van der Waals surface area (Å²) in [7, 11) is 0. The lowest BCUT2D eigenvalue weighted by Gasteiger charge is -2.22. The van der Waals surface area contributed by atoms with Gasteiger partial charge in [-0.1, -0.05) is 55.3 Å². The van der Waals surface area contributed by atoms with Crippen molar-refractivity contribution in [2.75, 3.05) is 5.75 Å². The second kappa shape index (κ2) is 8.57. The molecule has 5 nitrogen and oxygen atoms in total. The van der Waals surface area contributed by atoms with Gasteiger partial charge in [0.1, 0.15) is 12.1 Å². The number of Topliss-reactive ketones (excluding diaryl/α,β-unsaturated/α-hetero) is 1. The molecule has 0 aliphatic heterocycles. The third-order valence-corrected chi connectivity index (χ3v) is 6.11. The van der Waals surface area contributed by atoms with Crippen LogP contribution in [0.5, 0.6) is 0 Å². The molecule has 2 aromatic heterocycles. The van der Waals surface area contributed by atoms with Crippen LogP contribution in [0.25, 0.3) is 0 Å². The van der Waals surface area contributed by atoms with Gasteiger partial charge >= 0.3 is 0 Å². The van der Waals surface area contributed by atoms with E-state index in [2.05, 4.69) is 22.3 Å². The number of carbonyl (C=O) groups is 1. The highest BCUT2D eigenvalue weighted by Gasteiger charge is 2.16. The molecule has 27 heavy (non-hydrogen) atoms. The summed E-state index contributed by atoms with van der Waals surface area (Å²) in [4.78, 5) is 12.6. The highest BCUT2D eigenvalue weighted by molar-refractivity contribution is 7.99. The molecule has 4 rings (SSSR count). The summed E-state index contributed by atoms with van der Waals surface area (Å²) in [6, 6.07) is 12.0. The first-order chi connectivity index (χ1) is 13.3. The number of hydrogen-bond acceptors (Lipinski definition) is 5. The number of thioether (sulfide) groups is 1. The molecule has 2 heterocycles. The summed E-state index contributed by atoms with van der Waals surface area (Å²) in [5.74, 6) is 1.96. The van der Waals surface area contributed by atoms with E-state index in [0.29, 0.717) is 18.2 Å². The molecule has 0 saturated heterocycles. The first kappa shape index (κ1) is 18.0. The Morgan fingerprint density at radius 3 is 2.70 bits per heavy atom. The summed E-state index contributed by atoms with van der Waals surface area (Å²) >= 11 is 1.41. The van der Waals surface area contributed by atoms with Gasteiger partial charge in [0, 0.05) is 5.56 Å². The van der Waals surface area contributed by atoms with E-state index in [9.17, 15) is 4.79 Å². The number of rotatable bonds is 7. The summed E-state index contributed by atoms with van der Waals surface area (Å²) < 4.78 is 7.26. The van der Waals surface area contributed by atoms with E-state index in [1.54, 1.807) is 12.6 Å². The fraction of sp³-hybridized carbons (Fsp3) is 0.381. The van der Waals surface area contributed by atoms with Crippen LogP contribution in [-0.2, 0) is 6.54 Å². The maximum atomic E-state index is 12.6. The lowest BCUT2D eigenvalue weighted by molar-refractivity contribution is 0.102. The van der Waals surface area contributed by atoms with Gasteiger partial charge in [0.25, 0.3) is 0 Å². The Balaban J connectivity index is 1.35. The molecule has 0 spiro atoms. The quantitative estimate of drug-likeness (QED) is 0.428. The molecule has 0 radical (unpaired) electrons. The molecule has 0 N–H and O–H groups in total. The zero-order valence-electron chi connectivity index (χ0n) is 15.2. The van der Waals surface area contributed by atoms with Crippen molar-refractivity contribution in [3.05, 3.63) is 65.9 Å². The van der Waals surface area contributed by atoms with Gasteiger partial charge in [-0.25, -0.2) is 0 Å². The Bertz CT molecular complexity index is 865. The average molecular weight is 382 g/mol. The molecular weight excluding hydrogens is 358 g/mol. The van der Waals surface area contributed by atoms with Crippen molar-refractivity contribution in [3.8, 4) is 0 Å². The molecule has 1 aliphatic carbocycles. The molecule has 0 unspecified atom stereocenters. The van der Waals surface area contributed by atoms with Crippen molar-refractivity contribution in [1.82, 2.24) is 14.8 Å². The van der Waals surface area contributed by atoms with E-state index in [1.807, 2.05) is 28.8 Å². The van der Waals surface area contributed by atoms with Gasteiger partial charge in [-0.2, -0.15) is 0 Å². The number of benzene rings is 1. The summed E-state index contributed by atoms with van der Waals surface area (Å²) in [6.45, 7) is 0.562. The number of nitrogens with zero attached hydrogens (tertiary/aromatic N) is 3. The SMILES string of the molecule is O=C(CSc1nncn1Cc1ccco1)c1ccc(C2CCCCC2)cc1. The number of aromatic nitrogens is 3. The first-order valence-corrected chi connectivity index (χ1v) is 10.4. The normalized spacial score (nSPS) is 15.1. The van der Waals surface area contributed by atoms with Crippen LogP contribution in [0.3, 0.4) is 0 Å². The Morgan fingerprint density at radius 2 is 1.96 bits per heavy atom. The van der Waals surface area contributed by atoms with E-state index in [0.717, 1.165) is 16.5 Å². The van der Waals surface area contributed by atoms with Gasteiger partial charge in [0.2, 0.25) is 0 Å². The maximum Gasteiger partial charge on any atom is 0.191 e. The fourth-order valence-corrected chi connectivity index (χ4v) is 4.43. The van der Waals surface area contributed by atoms with Crippen molar-refractivity contribution < 1.29 is 9.21 Å². The molecule has 0 atom stereocenters. The highest BCUT2D eigenvalue weighted by atomic mass is 32.2. The predicted octanol–water partition coefficient (Wildman–Crippen LogP) is 4.94. The molecule has 0 bridgehead atoms. The minimum Gasteiger partial charge on any atom is -0.467 e. The van der Waals surface area contributed by atoms with Gasteiger partial charge in [-0.05, 0) is 36.5 Å². The molecule has 3 aromatic rings. The van der Waals surface area contributed by atoms with Gasteiger partial charge in [0.05, 0.1) is 18.6 Å². The third kappa shape index (κ3) is 4.50. The standard InChI is InChI=1S/C21H23N3O2S/c25-20(18-10-8-17(9-11-18)16-5-2-1-3-6-16)14-27-21-23-22-15-24(21)13-19-7-4-12-26-19/h4,7-12,15-16H,1-3,5-6,13-14H2. The molecular formula is C21H23N3O2S. The minimum atomic E-state index is 0.114. The van der Waals surface area contributed by atoms with Crippen molar-refractivity contribution in [2.24, 2.45) is 0 Å². The lowest BCUT2D eigenvalue weighted by Crippen LogP contribution is -2.07. The maximum absolute atomic E-state index is 12.6. The molecule has 6 heteroatoms. The van der Waals surface area contributed by atoms with Crippen molar-refractivity contribution in [3.63, 3.8) is 0 Å². The summed E-state index contributed by atoms with van der Waals surface area (Å²) in [6.07, 6.45) is 9.85. The van der Waals surface area contributed by atoms with Crippen molar-refractivity contribution in [1.29, 1.82) is 0 Å². The second-order valence-corrected chi connectivity index (χ2v) is 7.93. The Kier molecular flexibility index (Phi) is 5.72. The predicted molar refractivity (Wildman–Crippen MR) is 105 cm³/mol. The van der Waals surface area contributed by atoms with E-state index in [1.165, 1.54) is 49.4 Å². The molecule has 1 aliphatic rings. The van der Waals surface area contributed by atoms with Crippen LogP contribution in [0.1, 0.15) is 59.7 Å². The minimum absolute atomic E-state index is 0.114. The largest absolute Gasteiger partial charge is 0.467 e. The Labute approximate surface area is 163 Å². The number of ketones is 1. The smallest absolute Gasteiger partial charge is 0.191 e. The van der Waals surface area contributed by atoms with Crippen molar-refractivity contribution in [2.45, 2.75) is 49.7 Å². The van der Waals surface area contributed by atoms with Crippen LogP contribution in [0.2, 0.25) is 0 Å². The van der Waals surface area contributed by atoms with E-state index < -0.39 is 0 Å². The first-order valence-electron chi connectivity index (χ1n) is 9.46. The molecule has 140 valence electrons. The van der Waals surface area contributed by atoms with Crippen molar-refractivity contribution >= 4 is 17.5 Å². The van der Waals surface area contributed by atoms with Crippen LogP contribution in [0.15, 0.2) is 58.6 Å². The molecule has 0 amide bonds. The second-order valence-electron chi connectivity index (χ2n) is 6.99. The summed E-state index contributed by atoms with van der Waals surface area (Å²) in [5, 5.41) is 8.80. The molecule has 1 saturated carbocycles. The number of hydrogen-bond donors (Lipinski definition) is 0. The number of carbonyl (C=O) groups excluding carboxylic acids is 1. The molecule has 1 aromatic carbocycles. The average Bonchev–Trinajstić information content (AvgIpc) is 3.39. The lowest BCUT2D eigenvalue weighted by atomic mass is 9.84. The fourth-order valence-electron chi connectivity index (χ4n) is 3.63. The van der Waals surface area contributed by atoms with Crippen LogP contribution in [0, 0.1) is 0 Å². The van der Waals surface area contributed by atoms with Crippen LogP contribution in [-0.4, -0.2) is 26.3 Å². The third-order valence-electron chi connectivity index (χ3n) is 5.13. The van der Waals surface area contributed by atoms with Gasteiger partial charge < -0.3 is 8.98 Å². The van der Waals surface area contributed by atoms with E-state index in [-0.39, 0.29) is 5.78 Å².